The van der Waals surface area contributed by atoms with Gasteiger partial charge in [-0.1, -0.05) is 24.3 Å². The van der Waals surface area contributed by atoms with Gasteiger partial charge in [0.25, 0.3) is 0 Å². The van der Waals surface area contributed by atoms with E-state index in [2.05, 4.69) is 11.4 Å². The topological polar surface area (TPSA) is 65.4 Å². The van der Waals surface area contributed by atoms with Crippen molar-refractivity contribution in [3.63, 3.8) is 0 Å². The molecule has 1 N–H and O–H groups in total. The number of hydrogen-bond donors (Lipinski definition) is 1. The molecule has 2 rings (SSSR count). The fourth-order valence-corrected chi connectivity index (χ4v) is 2.36. The van der Waals surface area contributed by atoms with E-state index >= 15 is 0 Å². The second-order valence-electron chi connectivity index (χ2n) is 5.50. The minimum Gasteiger partial charge on any atom is -0.497 e. The van der Waals surface area contributed by atoms with Gasteiger partial charge in [-0.05, 0) is 41.8 Å². The van der Waals surface area contributed by atoms with Crippen molar-refractivity contribution in [1.82, 2.24) is 10.2 Å². The Morgan fingerprint density at radius 1 is 1.21 bits per heavy atom. The van der Waals surface area contributed by atoms with Gasteiger partial charge in [0.15, 0.2) is 0 Å². The van der Waals surface area contributed by atoms with E-state index in [1.165, 1.54) is 0 Å². The lowest BCUT2D eigenvalue weighted by atomic mass is 10.1. The zero-order valence-electron chi connectivity index (χ0n) is 14.0. The van der Waals surface area contributed by atoms with E-state index in [1.54, 1.807) is 31.2 Å². The van der Waals surface area contributed by atoms with Gasteiger partial charge in [-0.2, -0.15) is 5.26 Å². The van der Waals surface area contributed by atoms with Gasteiger partial charge in [0.2, 0.25) is 0 Å². The Morgan fingerprint density at radius 2 is 1.96 bits per heavy atom. The molecule has 0 fully saturated rings. The summed E-state index contributed by atoms with van der Waals surface area (Å²) in [7, 11) is 3.37. The van der Waals surface area contributed by atoms with Gasteiger partial charge in [0.1, 0.15) is 5.75 Å². The van der Waals surface area contributed by atoms with E-state index in [1.807, 2.05) is 36.4 Å². The van der Waals surface area contributed by atoms with Crippen molar-refractivity contribution in [3.8, 4) is 11.8 Å². The van der Waals surface area contributed by atoms with Crippen molar-refractivity contribution in [3.05, 3.63) is 65.2 Å². The van der Waals surface area contributed by atoms with Crippen LogP contribution in [0.1, 0.15) is 16.7 Å². The van der Waals surface area contributed by atoms with Crippen LogP contribution in [-0.2, 0) is 13.0 Å². The molecule has 0 aromatic heterocycles. The van der Waals surface area contributed by atoms with E-state index in [-0.39, 0.29) is 6.03 Å². The molecule has 2 aromatic carbocycles. The van der Waals surface area contributed by atoms with Gasteiger partial charge in [-0.25, -0.2) is 4.79 Å². The van der Waals surface area contributed by atoms with Crippen LogP contribution in [0.3, 0.4) is 0 Å². The van der Waals surface area contributed by atoms with Gasteiger partial charge in [0, 0.05) is 20.1 Å². The molecule has 0 saturated heterocycles. The molecule has 124 valence electrons. The van der Waals surface area contributed by atoms with E-state index in [9.17, 15) is 4.79 Å². The highest BCUT2D eigenvalue weighted by atomic mass is 16.5. The van der Waals surface area contributed by atoms with Crippen LogP contribution in [0.25, 0.3) is 0 Å². The van der Waals surface area contributed by atoms with Crippen LogP contribution in [0.2, 0.25) is 0 Å². The third-order valence-electron chi connectivity index (χ3n) is 3.65. The number of ether oxygens (including phenoxy) is 1. The minimum absolute atomic E-state index is 0.139. The van der Waals surface area contributed by atoms with E-state index in [0.29, 0.717) is 18.7 Å². The highest BCUT2D eigenvalue weighted by Gasteiger charge is 2.09. The van der Waals surface area contributed by atoms with Gasteiger partial charge in [-0.15, -0.1) is 0 Å². The molecule has 0 aliphatic heterocycles. The molecule has 0 unspecified atom stereocenters. The Kier molecular flexibility index (Phi) is 6.21. The number of amides is 2. The van der Waals surface area contributed by atoms with Crippen LogP contribution in [0.5, 0.6) is 5.75 Å². The lowest BCUT2D eigenvalue weighted by Gasteiger charge is -2.18. The molecule has 0 atom stereocenters. The number of nitrogens with zero attached hydrogens (tertiary/aromatic N) is 2. The largest absolute Gasteiger partial charge is 0.497 e. The first-order chi connectivity index (χ1) is 11.6. The monoisotopic (exact) mass is 323 g/mol. The second-order valence-corrected chi connectivity index (χ2v) is 5.50. The normalized spacial score (nSPS) is 9.88. The molecule has 0 aliphatic rings. The predicted molar refractivity (Wildman–Crippen MR) is 92.7 cm³/mol. The number of hydrogen-bond acceptors (Lipinski definition) is 3. The molecule has 2 aromatic rings. The van der Waals surface area contributed by atoms with Crippen LogP contribution >= 0.6 is 0 Å². The molecule has 24 heavy (non-hydrogen) atoms. The summed E-state index contributed by atoms with van der Waals surface area (Å²) in [6.07, 6.45) is 0.737. The predicted octanol–water partition coefficient (Wildman–Crippen LogP) is 2.95. The average Bonchev–Trinajstić information content (AvgIpc) is 2.62. The zero-order chi connectivity index (χ0) is 17.4. The first-order valence-corrected chi connectivity index (χ1v) is 7.73. The van der Waals surface area contributed by atoms with Crippen molar-refractivity contribution >= 4 is 6.03 Å². The molecule has 0 spiro atoms. The number of benzene rings is 2. The summed E-state index contributed by atoms with van der Waals surface area (Å²) in [6, 6.07) is 17.0. The summed E-state index contributed by atoms with van der Waals surface area (Å²) >= 11 is 0. The van der Waals surface area contributed by atoms with Gasteiger partial charge in [-0.3, -0.25) is 0 Å². The average molecular weight is 323 g/mol. The van der Waals surface area contributed by atoms with Crippen LogP contribution in [0.4, 0.5) is 4.79 Å². The van der Waals surface area contributed by atoms with Crippen molar-refractivity contribution in [2.24, 2.45) is 0 Å². The van der Waals surface area contributed by atoms with Crippen molar-refractivity contribution < 1.29 is 9.53 Å². The Morgan fingerprint density at radius 3 is 2.71 bits per heavy atom. The van der Waals surface area contributed by atoms with Crippen LogP contribution < -0.4 is 10.1 Å². The van der Waals surface area contributed by atoms with Crippen molar-refractivity contribution in [2.75, 3.05) is 20.7 Å². The van der Waals surface area contributed by atoms with Crippen LogP contribution in [-0.4, -0.2) is 31.6 Å². The number of carbonyl (C=O) groups excluding carboxylic acids is 1. The number of methoxy groups -OCH3 is 1. The van der Waals surface area contributed by atoms with Crippen LogP contribution in [0.15, 0.2) is 48.5 Å². The molecular formula is C19H21N3O2. The molecule has 5 heteroatoms. The SMILES string of the molecule is COc1cccc(CCNC(=O)N(C)Cc2cccc(C#N)c2)c1. The molecule has 0 radical (unpaired) electrons. The van der Waals surface area contributed by atoms with Crippen molar-refractivity contribution in [1.29, 1.82) is 5.26 Å². The second kappa shape index (κ2) is 8.59. The first-order valence-electron chi connectivity index (χ1n) is 7.73. The summed E-state index contributed by atoms with van der Waals surface area (Å²) in [6.45, 7) is 1.01. The van der Waals surface area contributed by atoms with Gasteiger partial charge >= 0.3 is 6.03 Å². The third kappa shape index (κ3) is 5.03. The molecule has 0 aliphatic carbocycles. The van der Waals surface area contributed by atoms with Crippen molar-refractivity contribution in [2.45, 2.75) is 13.0 Å². The summed E-state index contributed by atoms with van der Waals surface area (Å²) in [5.74, 6) is 0.813. The Bertz CT molecular complexity index is 737. The minimum atomic E-state index is -0.139. The molecule has 0 saturated carbocycles. The lowest BCUT2D eigenvalue weighted by Crippen LogP contribution is -2.37. The highest BCUT2D eigenvalue weighted by Crippen LogP contribution is 2.12. The summed E-state index contributed by atoms with van der Waals surface area (Å²) < 4.78 is 5.19. The maximum atomic E-state index is 12.1. The summed E-state index contributed by atoms with van der Waals surface area (Å²) in [4.78, 5) is 13.7. The molecule has 2 amide bonds. The fourth-order valence-electron chi connectivity index (χ4n) is 2.36. The lowest BCUT2D eigenvalue weighted by molar-refractivity contribution is 0.207. The third-order valence-corrected chi connectivity index (χ3v) is 3.65. The molecule has 0 bridgehead atoms. The standard InChI is InChI=1S/C19H21N3O2/c1-22(14-17-7-3-6-16(11-17)13-20)19(23)21-10-9-15-5-4-8-18(12-15)24-2/h3-8,11-12H,9-10,14H2,1-2H3,(H,21,23). The summed E-state index contributed by atoms with van der Waals surface area (Å²) in [5.41, 5.74) is 2.64. The number of nitriles is 1. The van der Waals surface area contributed by atoms with E-state index in [4.69, 9.17) is 10.00 Å². The van der Waals surface area contributed by atoms with Crippen LogP contribution in [0, 0.1) is 11.3 Å². The zero-order valence-corrected chi connectivity index (χ0v) is 14.0. The molecule has 5 nitrogen and oxygen atoms in total. The molecule has 0 heterocycles. The van der Waals surface area contributed by atoms with Gasteiger partial charge in [0.05, 0.1) is 18.7 Å². The smallest absolute Gasteiger partial charge is 0.317 e. The first kappa shape index (κ1) is 17.4. The highest BCUT2D eigenvalue weighted by molar-refractivity contribution is 5.73. The van der Waals surface area contributed by atoms with Gasteiger partial charge < -0.3 is 15.0 Å². The Hall–Kier alpha value is -3.00. The number of rotatable bonds is 6. The van der Waals surface area contributed by atoms with E-state index < -0.39 is 0 Å². The Labute approximate surface area is 142 Å². The maximum absolute atomic E-state index is 12.1. The number of urea groups is 1. The number of carbonyl (C=O) groups is 1. The number of nitrogens with one attached hydrogen (secondary N) is 1. The molecular weight excluding hydrogens is 302 g/mol. The Balaban J connectivity index is 1.82. The summed E-state index contributed by atoms with van der Waals surface area (Å²) in [5, 5.41) is 11.8. The maximum Gasteiger partial charge on any atom is 0.317 e. The fraction of sp³-hybridized carbons (Fsp3) is 0.263. The quantitative estimate of drug-likeness (QED) is 0.889. The van der Waals surface area contributed by atoms with E-state index in [0.717, 1.165) is 23.3 Å².